The van der Waals surface area contributed by atoms with Crippen LogP contribution in [0.1, 0.15) is 0 Å². The van der Waals surface area contributed by atoms with Crippen LogP contribution < -0.4 is 10.5 Å². The van der Waals surface area contributed by atoms with Crippen LogP contribution in [0.3, 0.4) is 0 Å². The van der Waals surface area contributed by atoms with E-state index in [1.165, 1.54) is 13.2 Å². The van der Waals surface area contributed by atoms with E-state index in [2.05, 4.69) is 10.2 Å². The molecule has 0 unspecified atom stereocenters. The first-order valence-corrected chi connectivity index (χ1v) is 13.0. The molecule has 0 fully saturated rings. The molecule has 6 N–H and O–H groups in total. The van der Waals surface area contributed by atoms with Crippen LogP contribution in [-0.2, 0) is 30.4 Å². The largest absolute Gasteiger partial charge is 0.505 e. The highest BCUT2D eigenvalue weighted by Crippen LogP contribution is 2.44. The van der Waals surface area contributed by atoms with Gasteiger partial charge >= 0.3 is 0 Å². The van der Waals surface area contributed by atoms with Crippen LogP contribution in [0.5, 0.6) is 11.5 Å². The molecular formula is C17H15N3O11S3. The van der Waals surface area contributed by atoms with Gasteiger partial charge in [-0.3, -0.25) is 13.7 Å². The third-order valence-electron chi connectivity index (χ3n) is 4.43. The van der Waals surface area contributed by atoms with E-state index in [1.807, 2.05) is 0 Å². The van der Waals surface area contributed by atoms with Crippen molar-refractivity contribution in [3.63, 3.8) is 0 Å². The molecule has 0 aliphatic carbocycles. The summed E-state index contributed by atoms with van der Waals surface area (Å²) in [6, 6.07) is 5.50. The zero-order valence-corrected chi connectivity index (χ0v) is 19.3. The Morgan fingerprint density at radius 1 is 0.824 bits per heavy atom. The summed E-state index contributed by atoms with van der Waals surface area (Å²) < 4.78 is 103. The first-order chi connectivity index (χ1) is 15.5. The molecule has 0 amide bonds. The first kappa shape index (κ1) is 25.3. The van der Waals surface area contributed by atoms with E-state index < -0.39 is 67.9 Å². The summed E-state index contributed by atoms with van der Waals surface area (Å²) in [5.41, 5.74) is 3.98. The summed E-state index contributed by atoms with van der Waals surface area (Å²) in [5, 5.41) is 17.1. The molecule has 0 spiro atoms. The fourth-order valence-electron chi connectivity index (χ4n) is 2.95. The third kappa shape index (κ3) is 4.93. The van der Waals surface area contributed by atoms with Crippen molar-refractivity contribution in [2.24, 2.45) is 10.2 Å². The molecule has 0 heterocycles. The Bertz CT molecular complexity index is 1680. The van der Waals surface area contributed by atoms with Gasteiger partial charge in [0.15, 0.2) is 5.75 Å². The SMILES string of the molecule is COc1ccc(N=Nc2c(S(=O)(=O)O)cc3cc(S(=O)(=O)O)cc(N)c3c2O)c(S(=O)(=O)O)c1. The molecule has 0 bridgehead atoms. The molecule has 17 heteroatoms. The molecule has 0 saturated carbocycles. The maximum absolute atomic E-state index is 11.9. The van der Waals surface area contributed by atoms with Gasteiger partial charge in [-0.1, -0.05) is 0 Å². The number of nitrogen functional groups attached to an aromatic ring is 1. The molecule has 3 aromatic rings. The molecule has 0 saturated heterocycles. The van der Waals surface area contributed by atoms with Crippen LogP contribution in [0.15, 0.2) is 61.3 Å². The van der Waals surface area contributed by atoms with Crippen molar-refractivity contribution in [3.8, 4) is 11.5 Å². The van der Waals surface area contributed by atoms with Crippen LogP contribution in [-0.4, -0.2) is 51.1 Å². The van der Waals surface area contributed by atoms with Gasteiger partial charge in [-0.15, -0.1) is 10.2 Å². The second-order valence-corrected chi connectivity index (χ2v) is 10.8. The Balaban J connectivity index is 2.35. The van der Waals surface area contributed by atoms with Gasteiger partial charge in [0.2, 0.25) is 0 Å². The van der Waals surface area contributed by atoms with Crippen molar-refractivity contribution in [2.75, 3.05) is 12.8 Å². The van der Waals surface area contributed by atoms with Crippen molar-refractivity contribution in [2.45, 2.75) is 14.7 Å². The van der Waals surface area contributed by atoms with Gasteiger partial charge < -0.3 is 15.6 Å². The van der Waals surface area contributed by atoms with Gasteiger partial charge in [0.25, 0.3) is 30.4 Å². The van der Waals surface area contributed by atoms with Crippen molar-refractivity contribution in [1.82, 2.24) is 0 Å². The monoisotopic (exact) mass is 533 g/mol. The molecule has 34 heavy (non-hydrogen) atoms. The van der Waals surface area contributed by atoms with Crippen molar-refractivity contribution in [3.05, 3.63) is 36.4 Å². The zero-order valence-electron chi connectivity index (χ0n) is 16.8. The molecular weight excluding hydrogens is 518 g/mol. The highest BCUT2D eigenvalue weighted by molar-refractivity contribution is 7.86. The van der Waals surface area contributed by atoms with Crippen molar-refractivity contribution < 1.29 is 48.8 Å². The summed E-state index contributed by atoms with van der Waals surface area (Å²) in [6.45, 7) is 0. The van der Waals surface area contributed by atoms with E-state index in [0.717, 1.165) is 24.3 Å². The summed E-state index contributed by atoms with van der Waals surface area (Å²) in [5.74, 6) is -0.934. The van der Waals surface area contributed by atoms with Gasteiger partial charge in [0.05, 0.1) is 12.0 Å². The molecule has 0 aliphatic rings. The first-order valence-electron chi connectivity index (χ1n) is 8.65. The van der Waals surface area contributed by atoms with Crippen molar-refractivity contribution >= 4 is 58.2 Å². The number of methoxy groups -OCH3 is 1. The Kier molecular flexibility index (Phi) is 6.29. The number of nitrogens with two attached hydrogens (primary N) is 1. The predicted octanol–water partition coefficient (Wildman–Crippen LogP) is 2.29. The Morgan fingerprint density at radius 3 is 1.97 bits per heavy atom. The summed E-state index contributed by atoms with van der Waals surface area (Å²) in [4.78, 5) is -2.53. The lowest BCUT2D eigenvalue weighted by molar-refractivity contribution is 0.412. The van der Waals surface area contributed by atoms with Gasteiger partial charge in [-0.25, -0.2) is 0 Å². The Hall–Kier alpha value is -3.35. The topological polar surface area (TPSA) is 243 Å². The Morgan fingerprint density at radius 2 is 1.44 bits per heavy atom. The number of phenolic OH excluding ortho intramolecular Hbond substituents is 1. The van der Waals surface area contributed by atoms with E-state index in [-0.39, 0.29) is 16.5 Å². The van der Waals surface area contributed by atoms with E-state index in [4.69, 9.17) is 10.5 Å². The number of fused-ring (bicyclic) bond motifs is 1. The average Bonchev–Trinajstić information content (AvgIpc) is 2.70. The molecule has 3 aromatic carbocycles. The lowest BCUT2D eigenvalue weighted by atomic mass is 10.1. The number of anilines is 1. The second-order valence-electron chi connectivity index (χ2n) is 6.64. The normalized spacial score (nSPS) is 12.9. The lowest BCUT2D eigenvalue weighted by Crippen LogP contribution is -2.03. The number of rotatable bonds is 6. The van der Waals surface area contributed by atoms with E-state index in [0.29, 0.717) is 6.07 Å². The molecule has 0 aliphatic heterocycles. The lowest BCUT2D eigenvalue weighted by Gasteiger charge is -2.12. The number of aromatic hydroxyl groups is 1. The minimum absolute atomic E-state index is 0.0289. The molecule has 0 aromatic heterocycles. The maximum atomic E-state index is 11.9. The zero-order chi connectivity index (χ0) is 25.6. The Labute approximate surface area is 192 Å². The number of hydrogen-bond donors (Lipinski definition) is 5. The smallest absolute Gasteiger partial charge is 0.296 e. The fraction of sp³-hybridized carbons (Fsp3) is 0.0588. The third-order valence-corrected chi connectivity index (χ3v) is 7.01. The van der Waals surface area contributed by atoms with E-state index in [1.54, 1.807) is 0 Å². The van der Waals surface area contributed by atoms with Gasteiger partial charge in [0.1, 0.15) is 26.9 Å². The molecule has 182 valence electrons. The number of ether oxygens (including phenoxy) is 1. The second kappa shape index (κ2) is 8.46. The fourth-order valence-corrected chi connectivity index (χ4v) is 4.80. The highest BCUT2D eigenvalue weighted by Gasteiger charge is 2.25. The number of phenols is 1. The number of azo groups is 1. The summed E-state index contributed by atoms with van der Waals surface area (Å²) >= 11 is 0. The van der Waals surface area contributed by atoms with Gasteiger partial charge in [0, 0.05) is 17.1 Å². The van der Waals surface area contributed by atoms with E-state index >= 15 is 0 Å². The highest BCUT2D eigenvalue weighted by atomic mass is 32.2. The average molecular weight is 534 g/mol. The number of nitrogens with zero attached hydrogens (tertiary/aromatic N) is 2. The molecule has 3 rings (SSSR count). The predicted molar refractivity (Wildman–Crippen MR) is 117 cm³/mol. The van der Waals surface area contributed by atoms with Crippen LogP contribution in [0.4, 0.5) is 17.1 Å². The number of hydrogen-bond acceptors (Lipinski definition) is 11. The minimum atomic E-state index is -5.12. The van der Waals surface area contributed by atoms with Gasteiger partial charge in [-0.05, 0) is 35.7 Å². The summed E-state index contributed by atoms with van der Waals surface area (Å²) in [6.07, 6.45) is 0. The van der Waals surface area contributed by atoms with E-state index in [9.17, 15) is 44.0 Å². The van der Waals surface area contributed by atoms with Crippen molar-refractivity contribution in [1.29, 1.82) is 0 Å². The molecule has 14 nitrogen and oxygen atoms in total. The van der Waals surface area contributed by atoms with Crippen LogP contribution >= 0.6 is 0 Å². The number of benzene rings is 3. The van der Waals surface area contributed by atoms with Gasteiger partial charge in [-0.2, -0.15) is 25.3 Å². The maximum Gasteiger partial charge on any atom is 0.296 e. The van der Waals surface area contributed by atoms with Crippen LogP contribution in [0.2, 0.25) is 0 Å². The molecule has 0 radical (unpaired) electrons. The quantitative estimate of drug-likeness (QED) is 0.174. The summed E-state index contributed by atoms with van der Waals surface area (Å²) in [7, 11) is -13.5. The van der Waals surface area contributed by atoms with Crippen LogP contribution in [0.25, 0.3) is 10.8 Å². The minimum Gasteiger partial charge on any atom is -0.505 e. The van der Waals surface area contributed by atoms with Crippen LogP contribution in [0, 0.1) is 0 Å². The molecule has 0 atom stereocenters. The standard InChI is InChI=1S/C17H15N3O11S3/c1-31-9-2-3-12(13(6-9)33(25,26)27)19-20-16-14(34(28,29)30)5-8-4-10(32(22,23)24)7-11(18)15(8)17(16)21/h2-7,21H,18H2,1H3,(H,22,23,24)(H,25,26,27)(H,28,29,30).